The summed E-state index contributed by atoms with van der Waals surface area (Å²) in [5.74, 6) is -1.36. The summed E-state index contributed by atoms with van der Waals surface area (Å²) in [6.45, 7) is 0.564. The first-order valence-electron chi connectivity index (χ1n) is 6.35. The smallest absolute Gasteiger partial charge is 0.326 e. The zero-order valence-electron chi connectivity index (χ0n) is 10.5. The van der Waals surface area contributed by atoms with Crippen LogP contribution in [0.25, 0.3) is 0 Å². The molecule has 0 radical (unpaired) electrons. The first-order valence-corrected chi connectivity index (χ1v) is 6.35. The van der Waals surface area contributed by atoms with Crippen molar-refractivity contribution in [2.24, 2.45) is 0 Å². The van der Waals surface area contributed by atoms with Gasteiger partial charge >= 0.3 is 5.97 Å². The van der Waals surface area contributed by atoms with Gasteiger partial charge in [-0.1, -0.05) is 30.3 Å². The Balaban J connectivity index is 1.96. The van der Waals surface area contributed by atoms with Gasteiger partial charge in [-0.05, 0) is 18.4 Å². The Hall–Kier alpha value is -1.88. The van der Waals surface area contributed by atoms with Crippen molar-refractivity contribution in [3.05, 3.63) is 35.9 Å². The molecule has 1 unspecified atom stereocenters. The maximum absolute atomic E-state index is 11.9. The zero-order valence-corrected chi connectivity index (χ0v) is 10.5. The molecule has 0 spiro atoms. The van der Waals surface area contributed by atoms with Gasteiger partial charge in [0.1, 0.15) is 12.1 Å². The second kappa shape index (κ2) is 6.33. The molecule has 1 amide bonds. The second-order valence-corrected chi connectivity index (χ2v) is 4.59. The van der Waals surface area contributed by atoms with Crippen molar-refractivity contribution in [2.45, 2.75) is 31.4 Å². The highest BCUT2D eigenvalue weighted by atomic mass is 16.5. The molecule has 0 aromatic heterocycles. The summed E-state index contributed by atoms with van der Waals surface area (Å²) in [4.78, 5) is 23.0. The summed E-state index contributed by atoms with van der Waals surface area (Å²) in [5.41, 5.74) is 0.877. The fraction of sp³-hybridized carbons (Fsp3) is 0.429. The average Bonchev–Trinajstić information content (AvgIpc) is 2.93. The Morgan fingerprint density at radius 3 is 2.68 bits per heavy atom. The number of nitrogens with one attached hydrogen (secondary N) is 1. The lowest BCUT2D eigenvalue weighted by atomic mass is 10.1. The minimum absolute atomic E-state index is 0.272. The number of hydrogen-bond donors (Lipinski definition) is 2. The number of carboxylic acid groups (broad SMARTS) is 1. The van der Waals surface area contributed by atoms with Gasteiger partial charge in [0.25, 0.3) is 0 Å². The Bertz CT molecular complexity index is 440. The molecular formula is C14H17NO4. The lowest BCUT2D eigenvalue weighted by molar-refractivity contribution is -0.143. The Kier molecular flexibility index (Phi) is 4.52. The minimum atomic E-state index is -1.03. The van der Waals surface area contributed by atoms with Crippen LogP contribution in [0.2, 0.25) is 0 Å². The van der Waals surface area contributed by atoms with Gasteiger partial charge in [-0.3, -0.25) is 4.79 Å². The predicted molar refractivity (Wildman–Crippen MR) is 68.7 cm³/mol. The average molecular weight is 263 g/mol. The quantitative estimate of drug-likeness (QED) is 0.830. The van der Waals surface area contributed by atoms with E-state index >= 15 is 0 Å². The van der Waals surface area contributed by atoms with Crippen LogP contribution in [-0.4, -0.2) is 35.7 Å². The van der Waals surface area contributed by atoms with Gasteiger partial charge in [0.05, 0.1) is 0 Å². The van der Waals surface area contributed by atoms with Crippen molar-refractivity contribution in [3.63, 3.8) is 0 Å². The maximum Gasteiger partial charge on any atom is 0.326 e. The third kappa shape index (κ3) is 3.79. The van der Waals surface area contributed by atoms with Crippen molar-refractivity contribution in [3.8, 4) is 0 Å². The fourth-order valence-corrected chi connectivity index (χ4v) is 2.10. The van der Waals surface area contributed by atoms with Crippen molar-refractivity contribution in [1.82, 2.24) is 5.32 Å². The highest BCUT2D eigenvalue weighted by molar-refractivity contribution is 5.86. The predicted octanol–water partition coefficient (Wildman–Crippen LogP) is 0.977. The fourth-order valence-electron chi connectivity index (χ4n) is 2.10. The molecule has 5 heteroatoms. The number of amides is 1. The van der Waals surface area contributed by atoms with Crippen LogP contribution in [0.4, 0.5) is 0 Å². The Morgan fingerprint density at radius 2 is 2.11 bits per heavy atom. The molecule has 0 bridgehead atoms. The number of carbonyl (C=O) groups excluding carboxylic acids is 1. The van der Waals surface area contributed by atoms with Crippen LogP contribution in [-0.2, 0) is 20.7 Å². The maximum atomic E-state index is 11.9. The van der Waals surface area contributed by atoms with E-state index in [1.807, 2.05) is 30.3 Å². The van der Waals surface area contributed by atoms with Crippen molar-refractivity contribution >= 4 is 11.9 Å². The number of benzene rings is 1. The monoisotopic (exact) mass is 263 g/mol. The summed E-state index contributed by atoms with van der Waals surface area (Å²) >= 11 is 0. The molecule has 102 valence electrons. The van der Waals surface area contributed by atoms with Crippen LogP contribution in [0.5, 0.6) is 0 Å². The van der Waals surface area contributed by atoms with E-state index in [0.29, 0.717) is 13.0 Å². The van der Waals surface area contributed by atoms with Crippen LogP contribution >= 0.6 is 0 Å². The van der Waals surface area contributed by atoms with Gasteiger partial charge in [0, 0.05) is 13.0 Å². The van der Waals surface area contributed by atoms with Crippen LogP contribution in [0.15, 0.2) is 30.3 Å². The summed E-state index contributed by atoms with van der Waals surface area (Å²) in [5, 5.41) is 11.7. The van der Waals surface area contributed by atoms with Gasteiger partial charge in [-0.15, -0.1) is 0 Å². The number of carboxylic acids is 1. The number of rotatable bonds is 5. The molecule has 1 fully saturated rings. The van der Waals surface area contributed by atoms with Crippen LogP contribution in [0.1, 0.15) is 18.4 Å². The molecule has 1 aromatic rings. The van der Waals surface area contributed by atoms with Crippen molar-refractivity contribution in [2.75, 3.05) is 6.61 Å². The molecule has 0 aliphatic carbocycles. The minimum Gasteiger partial charge on any atom is -0.480 e. The molecule has 2 N–H and O–H groups in total. The lowest BCUT2D eigenvalue weighted by Crippen LogP contribution is -2.46. The molecule has 5 nitrogen and oxygen atoms in total. The van der Waals surface area contributed by atoms with Crippen LogP contribution in [0, 0.1) is 0 Å². The highest BCUT2D eigenvalue weighted by Crippen LogP contribution is 2.12. The van der Waals surface area contributed by atoms with E-state index in [-0.39, 0.29) is 12.3 Å². The number of hydrogen-bond acceptors (Lipinski definition) is 3. The van der Waals surface area contributed by atoms with Crippen molar-refractivity contribution in [1.29, 1.82) is 0 Å². The van der Waals surface area contributed by atoms with Crippen LogP contribution < -0.4 is 5.32 Å². The van der Waals surface area contributed by atoms with Gasteiger partial charge in [-0.2, -0.15) is 0 Å². The molecular weight excluding hydrogens is 246 g/mol. The Morgan fingerprint density at radius 1 is 1.37 bits per heavy atom. The van der Waals surface area contributed by atoms with E-state index < -0.39 is 18.1 Å². The second-order valence-electron chi connectivity index (χ2n) is 4.59. The first-order chi connectivity index (χ1) is 9.16. The molecule has 1 aliphatic heterocycles. The summed E-state index contributed by atoms with van der Waals surface area (Å²) < 4.78 is 5.24. The number of ether oxygens (including phenoxy) is 1. The van der Waals surface area contributed by atoms with E-state index in [2.05, 4.69) is 5.32 Å². The number of carbonyl (C=O) groups is 2. The lowest BCUT2D eigenvalue weighted by Gasteiger charge is -2.17. The third-order valence-corrected chi connectivity index (χ3v) is 3.12. The summed E-state index contributed by atoms with van der Waals surface area (Å²) in [7, 11) is 0. The number of aliphatic carboxylic acids is 1. The van der Waals surface area contributed by atoms with Crippen molar-refractivity contribution < 1.29 is 19.4 Å². The molecule has 1 aromatic carbocycles. The highest BCUT2D eigenvalue weighted by Gasteiger charge is 2.28. The van der Waals surface area contributed by atoms with E-state index in [1.165, 1.54) is 0 Å². The topological polar surface area (TPSA) is 75.6 Å². The van der Waals surface area contributed by atoms with E-state index in [4.69, 9.17) is 4.74 Å². The summed E-state index contributed by atoms with van der Waals surface area (Å²) in [6, 6.07) is 8.32. The molecule has 2 atom stereocenters. The molecule has 1 aliphatic rings. The van der Waals surface area contributed by atoms with E-state index in [1.54, 1.807) is 0 Å². The Labute approximate surface area is 111 Å². The molecule has 19 heavy (non-hydrogen) atoms. The molecule has 2 rings (SSSR count). The summed E-state index contributed by atoms with van der Waals surface area (Å²) in [6.07, 6.45) is 1.27. The first kappa shape index (κ1) is 13.5. The molecule has 1 saturated heterocycles. The van der Waals surface area contributed by atoms with E-state index in [0.717, 1.165) is 12.0 Å². The SMILES string of the molecule is O=C(O)C(Cc1ccccc1)NC(=O)[C@H]1CCCO1. The molecule has 0 saturated carbocycles. The normalized spacial score (nSPS) is 19.9. The third-order valence-electron chi connectivity index (χ3n) is 3.12. The largest absolute Gasteiger partial charge is 0.480 e. The van der Waals surface area contributed by atoms with Gasteiger partial charge < -0.3 is 15.2 Å². The zero-order chi connectivity index (χ0) is 13.7. The van der Waals surface area contributed by atoms with Crippen LogP contribution in [0.3, 0.4) is 0 Å². The van der Waals surface area contributed by atoms with E-state index in [9.17, 15) is 14.7 Å². The van der Waals surface area contributed by atoms with Gasteiger partial charge in [-0.25, -0.2) is 4.79 Å². The standard InChI is InChI=1S/C14H17NO4/c16-13(12-7-4-8-19-12)15-11(14(17)18)9-10-5-2-1-3-6-10/h1-3,5-6,11-12H,4,7-9H2,(H,15,16)(H,17,18)/t11?,12-/m1/s1. The molecule has 1 heterocycles. The van der Waals surface area contributed by atoms with Gasteiger partial charge in [0.2, 0.25) is 5.91 Å². The van der Waals surface area contributed by atoms with Gasteiger partial charge in [0.15, 0.2) is 0 Å².